The topological polar surface area (TPSA) is 0 Å². The number of allylic oxidation sites excluding steroid dienone is 2. The van der Waals surface area contributed by atoms with Gasteiger partial charge in [0.2, 0.25) is 0 Å². The Kier molecular flexibility index (Phi) is 3.47. The van der Waals surface area contributed by atoms with Crippen molar-refractivity contribution in [3.63, 3.8) is 0 Å². The predicted octanol–water partition coefficient (Wildman–Crippen LogP) is 2.53. The maximum absolute atomic E-state index is 3.62. The van der Waals surface area contributed by atoms with Crippen molar-refractivity contribution in [1.82, 2.24) is 0 Å². The number of rotatable bonds is 1. The van der Waals surface area contributed by atoms with E-state index in [0.29, 0.717) is 0 Å². The molecule has 0 amide bonds. The van der Waals surface area contributed by atoms with Gasteiger partial charge in [0, 0.05) is 0 Å². The van der Waals surface area contributed by atoms with Crippen molar-refractivity contribution in [2.24, 2.45) is 0 Å². The van der Waals surface area contributed by atoms with Gasteiger partial charge in [0.25, 0.3) is 0 Å². The third-order valence-corrected chi connectivity index (χ3v) is 5.52. The molecule has 0 bridgehead atoms. The Morgan fingerprint density at radius 1 is 1.50 bits per heavy atom. The second-order valence-corrected chi connectivity index (χ2v) is 5.71. The van der Waals surface area contributed by atoms with E-state index in [2.05, 4.69) is 25.0 Å². The van der Waals surface area contributed by atoms with Crippen LogP contribution in [0.4, 0.5) is 0 Å². The summed E-state index contributed by atoms with van der Waals surface area (Å²) in [4.78, 5) is 0. The SMILES string of the molecule is [Br][Mg][CH]1CC=CCC1. The van der Waals surface area contributed by atoms with Crippen molar-refractivity contribution in [2.45, 2.75) is 23.3 Å². The zero-order valence-electron chi connectivity index (χ0n) is 4.94. The maximum Gasteiger partial charge on any atom is 0.472 e. The average molecular weight is 185 g/mol. The van der Waals surface area contributed by atoms with Gasteiger partial charge >= 0.3 is 18.2 Å². The Labute approximate surface area is 66.3 Å². The van der Waals surface area contributed by atoms with E-state index in [9.17, 15) is 0 Å². The number of hydrogen-bond acceptors (Lipinski definition) is 0. The average Bonchev–Trinajstić information content (AvgIpc) is 1.90. The Balaban J connectivity index is 2.27. The van der Waals surface area contributed by atoms with Crippen molar-refractivity contribution in [1.29, 1.82) is 0 Å². The lowest BCUT2D eigenvalue weighted by molar-refractivity contribution is 0.726. The van der Waals surface area contributed by atoms with Crippen LogP contribution in [0, 0.1) is 0 Å². The molecule has 0 aromatic heterocycles. The molecule has 0 spiro atoms. The fraction of sp³-hybridized carbons (Fsp3) is 0.667. The monoisotopic (exact) mass is 184 g/mol. The molecule has 42 valence electrons. The van der Waals surface area contributed by atoms with Crippen LogP contribution in [0.3, 0.4) is 0 Å². The van der Waals surface area contributed by atoms with Crippen LogP contribution in [0.25, 0.3) is 0 Å². The molecule has 0 heterocycles. The van der Waals surface area contributed by atoms with Crippen LogP contribution in [-0.4, -0.2) is 18.2 Å². The highest BCUT2D eigenvalue weighted by Crippen LogP contribution is 2.23. The first-order valence-electron chi connectivity index (χ1n) is 3.14. The van der Waals surface area contributed by atoms with Gasteiger partial charge in [0.1, 0.15) is 0 Å². The Morgan fingerprint density at radius 2 is 2.38 bits per heavy atom. The van der Waals surface area contributed by atoms with E-state index in [-0.39, 0.29) is 18.2 Å². The molecule has 8 heavy (non-hydrogen) atoms. The highest BCUT2D eigenvalue weighted by molar-refractivity contribution is 9.23. The summed E-state index contributed by atoms with van der Waals surface area (Å²) in [5, 5.41) is 0. The Morgan fingerprint density at radius 3 is 2.75 bits per heavy atom. The molecule has 1 aliphatic carbocycles. The van der Waals surface area contributed by atoms with Gasteiger partial charge in [-0.05, 0) is 6.42 Å². The van der Waals surface area contributed by atoms with E-state index >= 15 is 0 Å². The number of halogens is 1. The van der Waals surface area contributed by atoms with Crippen LogP contribution < -0.4 is 0 Å². The predicted molar refractivity (Wildman–Crippen MR) is 41.4 cm³/mol. The van der Waals surface area contributed by atoms with E-state index in [4.69, 9.17) is 0 Å². The molecule has 1 atom stereocenters. The highest BCUT2D eigenvalue weighted by atomic mass is 79.9. The summed E-state index contributed by atoms with van der Waals surface area (Å²) in [6.07, 6.45) is 8.73. The third kappa shape index (κ3) is 2.07. The lowest BCUT2D eigenvalue weighted by atomic mass is 10.1. The summed E-state index contributed by atoms with van der Waals surface area (Å²) >= 11 is 3.75. The second kappa shape index (κ2) is 3.91. The molecule has 0 saturated heterocycles. The largest absolute Gasteiger partial charge is 0.472 e. The minimum Gasteiger partial charge on any atom is -0.306 e. The molecule has 0 aromatic rings. The van der Waals surface area contributed by atoms with Crippen LogP contribution >= 0.6 is 12.9 Å². The second-order valence-electron chi connectivity index (χ2n) is 2.30. The Bertz CT molecular complexity index is 90.5. The van der Waals surface area contributed by atoms with Crippen LogP contribution in [0.5, 0.6) is 0 Å². The quantitative estimate of drug-likeness (QED) is 0.435. The van der Waals surface area contributed by atoms with E-state index in [1.165, 1.54) is 19.3 Å². The van der Waals surface area contributed by atoms with Gasteiger partial charge in [-0.15, -0.1) is 4.05 Å². The molecular weight excluding hydrogens is 176 g/mol. The molecule has 1 rings (SSSR count). The van der Waals surface area contributed by atoms with Crippen LogP contribution in [0.2, 0.25) is 4.05 Å². The fourth-order valence-corrected chi connectivity index (χ4v) is 3.47. The third-order valence-electron chi connectivity index (χ3n) is 1.60. The van der Waals surface area contributed by atoms with Crippen molar-refractivity contribution >= 4 is 31.1 Å². The fourth-order valence-electron chi connectivity index (χ4n) is 0.996. The summed E-state index contributed by atoms with van der Waals surface area (Å²) in [6.45, 7) is 0. The van der Waals surface area contributed by atoms with Gasteiger partial charge in [0.05, 0.1) is 0 Å². The summed E-state index contributed by atoms with van der Waals surface area (Å²) in [7, 11) is 0. The zero-order chi connectivity index (χ0) is 5.82. The smallest absolute Gasteiger partial charge is 0.306 e. The minimum absolute atomic E-state index is 0.129. The summed E-state index contributed by atoms with van der Waals surface area (Å²) in [6, 6.07) is 0. The molecular formula is C6H9BrMg. The highest BCUT2D eigenvalue weighted by Gasteiger charge is 2.09. The van der Waals surface area contributed by atoms with Crippen LogP contribution in [-0.2, 0) is 0 Å². The lowest BCUT2D eigenvalue weighted by Crippen LogP contribution is -1.98. The molecule has 0 fully saturated rings. The molecule has 0 aliphatic heterocycles. The maximum atomic E-state index is 3.62. The van der Waals surface area contributed by atoms with E-state index in [1.807, 2.05) is 0 Å². The van der Waals surface area contributed by atoms with Crippen molar-refractivity contribution in [3.8, 4) is 0 Å². The lowest BCUT2D eigenvalue weighted by Gasteiger charge is -2.12. The summed E-state index contributed by atoms with van der Waals surface area (Å²) in [5.41, 5.74) is 0. The van der Waals surface area contributed by atoms with Gasteiger partial charge in [-0.25, -0.2) is 0 Å². The van der Waals surface area contributed by atoms with Crippen molar-refractivity contribution in [2.75, 3.05) is 0 Å². The first-order chi connectivity index (χ1) is 3.93. The standard InChI is InChI=1S/C6H9.BrH.Mg/c1-2-4-6-5-3-1;;/h1-2,5H,3-4,6H2;1H;/q;;+1/p-1. The van der Waals surface area contributed by atoms with Gasteiger partial charge in [0.15, 0.2) is 0 Å². The zero-order valence-corrected chi connectivity index (χ0v) is 7.94. The van der Waals surface area contributed by atoms with Gasteiger partial charge in [-0.1, -0.05) is 25.0 Å². The van der Waals surface area contributed by atoms with Gasteiger partial charge < -0.3 is 12.9 Å². The number of hydrogen-bond donors (Lipinski definition) is 0. The summed E-state index contributed by atoms with van der Waals surface area (Å²) in [5.74, 6) is 0. The van der Waals surface area contributed by atoms with Crippen molar-refractivity contribution in [3.05, 3.63) is 12.2 Å². The van der Waals surface area contributed by atoms with E-state index in [0.717, 1.165) is 4.05 Å². The molecule has 0 N–H and O–H groups in total. The minimum atomic E-state index is 0.129. The normalized spacial score (nSPS) is 27.4. The molecule has 1 aliphatic rings. The molecule has 0 radical (unpaired) electrons. The van der Waals surface area contributed by atoms with Crippen molar-refractivity contribution < 1.29 is 0 Å². The Hall–Kier alpha value is 0.986. The first kappa shape index (κ1) is 7.10. The molecule has 0 nitrogen and oxygen atoms in total. The molecule has 0 saturated carbocycles. The van der Waals surface area contributed by atoms with E-state index in [1.54, 1.807) is 0 Å². The first-order valence-corrected chi connectivity index (χ1v) is 7.86. The van der Waals surface area contributed by atoms with E-state index < -0.39 is 0 Å². The molecule has 2 heteroatoms. The van der Waals surface area contributed by atoms with Crippen LogP contribution in [0.15, 0.2) is 12.2 Å². The summed E-state index contributed by atoms with van der Waals surface area (Å²) < 4.78 is 1.06. The molecule has 1 unspecified atom stereocenters. The van der Waals surface area contributed by atoms with Gasteiger partial charge in [-0.2, -0.15) is 0 Å². The van der Waals surface area contributed by atoms with Crippen LogP contribution in [0.1, 0.15) is 19.3 Å². The van der Waals surface area contributed by atoms with Gasteiger partial charge in [-0.3, -0.25) is 0 Å². The molecule has 0 aromatic carbocycles.